The van der Waals surface area contributed by atoms with E-state index in [-0.39, 0.29) is 47.7 Å². The van der Waals surface area contributed by atoms with E-state index in [9.17, 15) is 4.79 Å². The normalized spacial score (nSPS) is 7.78. The van der Waals surface area contributed by atoms with Gasteiger partial charge in [-0.25, -0.2) is 5.84 Å². The van der Waals surface area contributed by atoms with Gasteiger partial charge >= 0.3 is 0 Å². The Morgan fingerprint density at radius 2 is 2.22 bits per heavy atom. The molecule has 4 heteroatoms. The maximum Gasteiger partial charge on any atom is 0.233 e. The summed E-state index contributed by atoms with van der Waals surface area (Å²) in [6.45, 7) is 2.03. The quantitative estimate of drug-likeness (QED) is 0.429. The molecule has 0 bridgehead atoms. The van der Waals surface area contributed by atoms with Gasteiger partial charge in [0.25, 0.3) is 0 Å². The number of nitrogens with two attached hydrogens (primary N) is 1. The van der Waals surface area contributed by atoms with Crippen molar-refractivity contribution in [3.8, 4) is 0 Å². The Kier molecular flexibility index (Phi) is 12.2. The molecule has 3 nitrogen and oxygen atoms in total. The van der Waals surface area contributed by atoms with Gasteiger partial charge in [0.15, 0.2) is 0 Å². The number of rotatable bonds is 3. The Balaban J connectivity index is 0. The number of carbonyl (C=O) groups excluding carboxylic acids is 1. The third-order valence-corrected chi connectivity index (χ3v) is 0.918. The van der Waals surface area contributed by atoms with Crippen LogP contribution in [0.25, 0.3) is 0 Å². The van der Waals surface area contributed by atoms with Crippen LogP contribution in [0.15, 0.2) is 0 Å². The van der Waals surface area contributed by atoms with Crippen molar-refractivity contribution in [2.24, 2.45) is 5.84 Å². The van der Waals surface area contributed by atoms with Crippen LogP contribution in [0.3, 0.4) is 0 Å². The van der Waals surface area contributed by atoms with Gasteiger partial charge in [-0.3, -0.25) is 10.2 Å². The molecule has 0 atom stereocenters. The molecule has 0 aromatic rings. The molecular weight excluding hydrogens is 244 g/mol. The van der Waals surface area contributed by atoms with Crippen LogP contribution in [-0.4, -0.2) is 5.91 Å². The summed E-state index contributed by atoms with van der Waals surface area (Å²) in [5.41, 5.74) is 2.06. The molecule has 0 spiro atoms. The van der Waals surface area contributed by atoms with Gasteiger partial charge in [0.2, 0.25) is 5.91 Å². The summed E-state index contributed by atoms with van der Waals surface area (Å²) in [5, 5.41) is 0. The van der Waals surface area contributed by atoms with Gasteiger partial charge in [-0.1, -0.05) is 13.3 Å². The molecule has 52 valence electrons. The molecule has 0 rings (SSSR count). The first-order chi connectivity index (χ1) is 3.81. The number of carbonyl (C=O) groups is 1. The summed E-state index contributed by atoms with van der Waals surface area (Å²) in [4.78, 5) is 10.3. The van der Waals surface area contributed by atoms with Crippen molar-refractivity contribution in [3.63, 3.8) is 0 Å². The molecule has 0 saturated heterocycles. The molecule has 0 saturated carbocycles. The maximum absolute atomic E-state index is 10.3. The maximum atomic E-state index is 10.3. The zero-order valence-corrected chi connectivity index (χ0v) is 8.75. The topological polar surface area (TPSA) is 55.1 Å². The largest absolute Gasteiger partial charge is 0.294 e. The average molecular weight is 256 g/mol. The Morgan fingerprint density at radius 3 is 2.56 bits per heavy atom. The van der Waals surface area contributed by atoms with Crippen LogP contribution >= 0.6 is 0 Å². The van der Waals surface area contributed by atoms with E-state index in [2.05, 4.69) is 5.43 Å². The van der Waals surface area contributed by atoms with E-state index in [1.54, 1.807) is 0 Å². The van der Waals surface area contributed by atoms with E-state index in [4.69, 9.17) is 5.84 Å². The van der Waals surface area contributed by atoms with Crippen molar-refractivity contribution in [3.05, 3.63) is 0 Å². The molecule has 0 aromatic heterocycles. The van der Waals surface area contributed by atoms with Crippen molar-refractivity contribution in [2.45, 2.75) is 26.2 Å². The predicted octanol–water partition coefficient (Wildman–Crippen LogP) is 0.167. The number of hydrazine groups is 1. The predicted molar refractivity (Wildman–Crippen MR) is 31.9 cm³/mol. The second kappa shape index (κ2) is 8.81. The van der Waals surface area contributed by atoms with Crippen LogP contribution in [0.5, 0.6) is 0 Å². The summed E-state index contributed by atoms with van der Waals surface area (Å²) < 4.78 is 0. The van der Waals surface area contributed by atoms with Crippen molar-refractivity contribution in [2.75, 3.05) is 0 Å². The van der Waals surface area contributed by atoms with Crippen LogP contribution in [-0.2, 0) is 4.79 Å². The van der Waals surface area contributed by atoms with Gasteiger partial charge in [0.05, 0.1) is 0 Å². The standard InChI is InChI=1S/C5H12N2O.Ce/c1-2-3-4-5(8)7-6;/h2-4,6H2,1H3,(H,7,8);. The van der Waals surface area contributed by atoms with Crippen LogP contribution in [0.1, 0.15) is 26.2 Å². The SMILES string of the molecule is CCCCC(=O)NN.[Ce]. The number of nitrogens with one attached hydrogen (secondary N) is 1. The summed E-state index contributed by atoms with van der Waals surface area (Å²) in [5.74, 6) is 4.74. The minimum absolute atomic E-state index is 0. The second-order valence-corrected chi connectivity index (χ2v) is 1.67. The van der Waals surface area contributed by atoms with Crippen LogP contribution in [0.2, 0.25) is 0 Å². The molecule has 0 aliphatic heterocycles. The first-order valence-electron chi connectivity index (χ1n) is 2.80. The van der Waals surface area contributed by atoms with Gasteiger partial charge in [0.1, 0.15) is 0 Å². The van der Waals surface area contributed by atoms with Gasteiger partial charge in [-0.2, -0.15) is 0 Å². The molecule has 1 amide bonds. The number of hydrogen-bond donors (Lipinski definition) is 2. The van der Waals surface area contributed by atoms with Crippen LogP contribution in [0, 0.1) is 41.7 Å². The summed E-state index contributed by atoms with van der Waals surface area (Å²) in [6, 6.07) is 0. The molecule has 0 fully saturated rings. The Hall–Kier alpha value is 0.807. The fourth-order valence-electron chi connectivity index (χ4n) is 0.410. The molecule has 0 unspecified atom stereocenters. The van der Waals surface area contributed by atoms with E-state index < -0.39 is 0 Å². The first-order valence-corrected chi connectivity index (χ1v) is 2.80. The van der Waals surface area contributed by atoms with Gasteiger partial charge in [0, 0.05) is 48.2 Å². The van der Waals surface area contributed by atoms with E-state index in [0.29, 0.717) is 6.42 Å². The van der Waals surface area contributed by atoms with Crippen molar-refractivity contribution >= 4 is 5.91 Å². The van der Waals surface area contributed by atoms with E-state index in [0.717, 1.165) is 12.8 Å². The summed E-state index contributed by atoms with van der Waals surface area (Å²) >= 11 is 0. The molecule has 0 aliphatic rings. The minimum atomic E-state index is -0.0770. The van der Waals surface area contributed by atoms with E-state index >= 15 is 0 Å². The first kappa shape index (κ1) is 12.5. The minimum Gasteiger partial charge on any atom is -0.294 e. The Bertz CT molecular complexity index is 77.4. The molecular formula is C5H12CeN2O. The van der Waals surface area contributed by atoms with Gasteiger partial charge in [-0.15, -0.1) is 0 Å². The Labute approximate surface area is 89.1 Å². The second-order valence-electron chi connectivity index (χ2n) is 1.67. The molecule has 0 aliphatic carbocycles. The van der Waals surface area contributed by atoms with E-state index in [1.165, 1.54) is 0 Å². The Morgan fingerprint density at radius 1 is 1.67 bits per heavy atom. The third kappa shape index (κ3) is 8.81. The van der Waals surface area contributed by atoms with Gasteiger partial charge < -0.3 is 0 Å². The number of hydrogen-bond acceptors (Lipinski definition) is 2. The summed E-state index contributed by atoms with van der Waals surface area (Å²) in [6.07, 6.45) is 2.50. The smallest absolute Gasteiger partial charge is 0.233 e. The van der Waals surface area contributed by atoms with Crippen molar-refractivity contribution < 1.29 is 46.5 Å². The monoisotopic (exact) mass is 256 g/mol. The van der Waals surface area contributed by atoms with E-state index in [1.807, 2.05) is 6.92 Å². The number of unbranched alkanes of at least 4 members (excludes halogenated alkanes) is 1. The molecule has 0 radical (unpaired) electrons. The third-order valence-electron chi connectivity index (χ3n) is 0.918. The zero-order valence-electron chi connectivity index (χ0n) is 5.61. The fraction of sp³-hybridized carbons (Fsp3) is 0.800. The molecule has 9 heavy (non-hydrogen) atoms. The average Bonchev–Trinajstić information content (AvgIpc) is 1.83. The molecule has 0 heterocycles. The number of amides is 1. The molecule has 0 aromatic carbocycles. The van der Waals surface area contributed by atoms with Crippen molar-refractivity contribution in [1.82, 2.24) is 5.43 Å². The van der Waals surface area contributed by atoms with Crippen molar-refractivity contribution in [1.29, 1.82) is 0 Å². The van der Waals surface area contributed by atoms with Crippen LogP contribution < -0.4 is 11.3 Å². The molecule has 3 N–H and O–H groups in total. The van der Waals surface area contributed by atoms with Gasteiger partial charge in [-0.05, 0) is 6.42 Å². The van der Waals surface area contributed by atoms with Crippen LogP contribution in [0.4, 0.5) is 0 Å². The zero-order chi connectivity index (χ0) is 6.41. The summed E-state index contributed by atoms with van der Waals surface area (Å²) in [7, 11) is 0. The fourth-order valence-corrected chi connectivity index (χ4v) is 0.410.